The third kappa shape index (κ3) is 19.4. The monoisotopic (exact) mass is 1040 g/mol. The topological polar surface area (TPSA) is 95.6 Å². The van der Waals surface area contributed by atoms with E-state index >= 15 is 0 Å². The van der Waals surface area contributed by atoms with Gasteiger partial charge in [-0.25, -0.2) is 0 Å². The molecule has 0 saturated carbocycles. The third-order valence-corrected chi connectivity index (χ3v) is 21.3. The van der Waals surface area contributed by atoms with Crippen molar-refractivity contribution in [2.75, 3.05) is 6.54 Å². The van der Waals surface area contributed by atoms with Gasteiger partial charge in [-0.05, 0) is 106 Å². The minimum absolute atomic E-state index is 0.00540. The number of ether oxygens (including phenoxy) is 4. The van der Waals surface area contributed by atoms with Crippen molar-refractivity contribution < 1.29 is 33.0 Å². The van der Waals surface area contributed by atoms with Gasteiger partial charge in [0.25, 0.3) is 0 Å². The van der Waals surface area contributed by atoms with Crippen molar-refractivity contribution in [1.29, 1.82) is 0 Å². The fourth-order valence-electron chi connectivity index (χ4n) is 12.0. The highest BCUT2D eigenvalue weighted by molar-refractivity contribution is 6.73. The van der Waals surface area contributed by atoms with Gasteiger partial charge in [-0.1, -0.05) is 198 Å². The van der Waals surface area contributed by atoms with Crippen LogP contribution in [0.2, 0.25) is 18.1 Å². The van der Waals surface area contributed by atoms with Crippen molar-refractivity contribution in [2.24, 2.45) is 0 Å². The van der Waals surface area contributed by atoms with Gasteiger partial charge in [-0.2, -0.15) is 0 Å². The molecule has 10 heteroatoms. The van der Waals surface area contributed by atoms with Gasteiger partial charge in [-0.15, -0.1) is 0 Å². The maximum absolute atomic E-state index is 14.0. The minimum Gasteiger partial charge on any atom is -0.489 e. The lowest BCUT2D eigenvalue weighted by atomic mass is 9.84. The van der Waals surface area contributed by atoms with Gasteiger partial charge in [-0.3, -0.25) is 9.59 Å². The molecule has 74 heavy (non-hydrogen) atoms. The summed E-state index contributed by atoms with van der Waals surface area (Å²) in [4.78, 5) is 29.2. The van der Waals surface area contributed by atoms with Gasteiger partial charge in [0.05, 0.1) is 18.2 Å². The minimum atomic E-state index is -1.72. The summed E-state index contributed by atoms with van der Waals surface area (Å²) in [6, 6.07) is 27.5. The Labute approximate surface area is 450 Å². The zero-order valence-electron chi connectivity index (χ0n) is 47.2. The molecule has 2 amide bonds. The van der Waals surface area contributed by atoms with Crippen LogP contribution in [0.4, 0.5) is 0 Å². The molecule has 2 saturated heterocycles. The quantitative estimate of drug-likeness (QED) is 0.0454. The standard InChI is InChI=1S/C64H100N2O7Si/c1-7-11-12-13-14-20-23-32-39-58-59(72-64(5,6)71-58)44-41-54(73-74(8-2,9-3)10-4)38-31-22-19-17-15-16-18-21-24-33-40-61(67)65-56-42-43-57-62-53(45-46-66(57)63(56)68)47-55(69-49-51-34-27-25-28-35-51)48-60(62)70-50-52-36-29-26-30-37-52/h25-30,34-37,47-48,54,56-59H,7-24,31-33,38-46,49-50H2,1-6H3,(H,65,67)/t54-,56-,57-,58-,59-/m0/s1. The first-order valence-electron chi connectivity index (χ1n) is 30.2. The number of hydrogen-bond donors (Lipinski definition) is 1. The second-order valence-corrected chi connectivity index (χ2v) is 27.4. The van der Waals surface area contributed by atoms with E-state index in [0.717, 1.165) is 79.6 Å². The van der Waals surface area contributed by atoms with Crippen LogP contribution < -0.4 is 14.8 Å². The summed E-state index contributed by atoms with van der Waals surface area (Å²) in [6.07, 6.45) is 30.2. The second kappa shape index (κ2) is 32.1. The van der Waals surface area contributed by atoms with E-state index in [-0.39, 0.29) is 30.1 Å². The molecule has 2 fully saturated rings. The predicted octanol–water partition coefficient (Wildman–Crippen LogP) is 16.5. The van der Waals surface area contributed by atoms with Crippen LogP contribution in [0.1, 0.15) is 230 Å². The van der Waals surface area contributed by atoms with Crippen molar-refractivity contribution in [3.8, 4) is 11.5 Å². The smallest absolute Gasteiger partial charge is 0.245 e. The molecule has 3 aromatic carbocycles. The molecule has 412 valence electrons. The first kappa shape index (κ1) is 59.5. The number of nitrogens with one attached hydrogen (secondary N) is 1. The molecule has 9 nitrogen and oxygen atoms in total. The highest BCUT2D eigenvalue weighted by atomic mass is 28.4. The van der Waals surface area contributed by atoms with Crippen LogP contribution in [-0.4, -0.2) is 61.7 Å². The van der Waals surface area contributed by atoms with Gasteiger partial charge >= 0.3 is 0 Å². The van der Waals surface area contributed by atoms with Gasteiger partial charge in [0.2, 0.25) is 11.8 Å². The van der Waals surface area contributed by atoms with Crippen molar-refractivity contribution in [3.63, 3.8) is 0 Å². The van der Waals surface area contributed by atoms with Gasteiger partial charge in [0, 0.05) is 30.7 Å². The maximum Gasteiger partial charge on any atom is 0.245 e. The number of nitrogens with zero attached hydrogens (tertiary/aromatic N) is 1. The zero-order chi connectivity index (χ0) is 52.4. The highest BCUT2D eigenvalue weighted by Gasteiger charge is 2.43. The summed E-state index contributed by atoms with van der Waals surface area (Å²) in [5.74, 6) is 1.06. The number of piperidine rings is 1. The fourth-order valence-corrected chi connectivity index (χ4v) is 14.9. The summed E-state index contributed by atoms with van der Waals surface area (Å²) in [6.45, 7) is 15.0. The molecular formula is C64H100N2O7Si. The molecule has 0 bridgehead atoms. The molecule has 1 N–H and O–H groups in total. The molecule has 0 spiro atoms. The lowest BCUT2D eigenvalue weighted by Gasteiger charge is -2.44. The Morgan fingerprint density at radius 2 is 1.23 bits per heavy atom. The number of fused-ring (bicyclic) bond motifs is 3. The Kier molecular flexibility index (Phi) is 25.9. The van der Waals surface area contributed by atoms with Crippen molar-refractivity contribution in [3.05, 3.63) is 95.1 Å². The molecule has 3 aromatic rings. The summed E-state index contributed by atoms with van der Waals surface area (Å²) >= 11 is 0. The molecule has 0 radical (unpaired) electrons. The number of carbonyl (C=O) groups is 2. The van der Waals surface area contributed by atoms with Crippen LogP contribution in [0.25, 0.3) is 0 Å². The molecule has 3 heterocycles. The molecule has 6 rings (SSSR count). The van der Waals surface area contributed by atoms with E-state index < -0.39 is 20.1 Å². The first-order chi connectivity index (χ1) is 36.1. The Morgan fingerprint density at radius 3 is 1.84 bits per heavy atom. The van der Waals surface area contributed by atoms with Gasteiger partial charge in [0.1, 0.15) is 30.8 Å². The Bertz CT molecular complexity index is 2040. The lowest BCUT2D eigenvalue weighted by Crippen LogP contribution is -2.55. The molecule has 0 unspecified atom stereocenters. The van der Waals surface area contributed by atoms with Crippen LogP contribution in [0.3, 0.4) is 0 Å². The van der Waals surface area contributed by atoms with Gasteiger partial charge < -0.3 is 33.6 Å². The summed E-state index contributed by atoms with van der Waals surface area (Å²) in [5.41, 5.74) is 4.44. The average molecular weight is 1040 g/mol. The van der Waals surface area contributed by atoms with Gasteiger partial charge in [0.15, 0.2) is 14.1 Å². The number of carbonyl (C=O) groups excluding carboxylic acids is 2. The summed E-state index contributed by atoms with van der Waals surface area (Å²) in [7, 11) is -1.72. The summed E-state index contributed by atoms with van der Waals surface area (Å²) < 4.78 is 33.1. The van der Waals surface area contributed by atoms with E-state index in [1.165, 1.54) is 120 Å². The number of benzene rings is 3. The van der Waals surface area contributed by atoms with Crippen LogP contribution in [0.5, 0.6) is 11.5 Å². The van der Waals surface area contributed by atoms with E-state index in [9.17, 15) is 9.59 Å². The third-order valence-electron chi connectivity index (χ3n) is 16.6. The van der Waals surface area contributed by atoms with Crippen LogP contribution in [0, 0.1) is 0 Å². The summed E-state index contributed by atoms with van der Waals surface area (Å²) in [5, 5.41) is 3.13. The van der Waals surface area contributed by atoms with E-state index in [1.807, 2.05) is 47.4 Å². The number of rotatable bonds is 37. The van der Waals surface area contributed by atoms with Crippen molar-refractivity contribution >= 4 is 20.1 Å². The Hall–Kier alpha value is -3.70. The number of unbranched alkanes of at least 4 members (excludes halogenated alkanes) is 16. The SMILES string of the molecule is CCCCCCCCCC[C@@H]1OC(C)(C)O[C@H]1CC[C@H](CCCCCCCCCCCCC(=O)N[C@H]1CC[C@H]2c3c(cc(OCc4ccccc4)cc3OCc3ccccc3)CCN2C1=O)O[Si](CC)(CC)CC. The van der Waals surface area contributed by atoms with Crippen LogP contribution in [0.15, 0.2) is 72.8 Å². The molecule has 3 aliphatic rings. The average Bonchev–Trinajstić information content (AvgIpc) is 3.72. The first-order valence-corrected chi connectivity index (χ1v) is 32.7. The largest absolute Gasteiger partial charge is 0.489 e. The van der Waals surface area contributed by atoms with Crippen molar-refractivity contribution in [1.82, 2.24) is 10.2 Å². The maximum atomic E-state index is 14.0. The molecule has 0 aliphatic carbocycles. The second-order valence-electron chi connectivity index (χ2n) is 22.6. The molecule has 3 aliphatic heterocycles. The number of hydrogen-bond acceptors (Lipinski definition) is 7. The molecule has 0 aromatic heterocycles. The Morgan fingerprint density at radius 1 is 0.676 bits per heavy atom. The number of amides is 2. The van der Waals surface area contributed by atoms with E-state index in [0.29, 0.717) is 45.1 Å². The Balaban J connectivity index is 0.853. The van der Waals surface area contributed by atoms with E-state index in [1.54, 1.807) is 0 Å². The highest BCUT2D eigenvalue weighted by Crippen LogP contribution is 2.45. The normalized spacial score (nSPS) is 19.8. The lowest BCUT2D eigenvalue weighted by molar-refractivity contribution is -0.147. The van der Waals surface area contributed by atoms with Crippen LogP contribution in [-0.2, 0) is 43.1 Å². The van der Waals surface area contributed by atoms with Crippen LogP contribution >= 0.6 is 0 Å². The molecule has 5 atom stereocenters. The predicted molar refractivity (Wildman–Crippen MR) is 305 cm³/mol. The van der Waals surface area contributed by atoms with Crippen molar-refractivity contribution in [2.45, 2.75) is 276 Å². The molecular weight excluding hydrogens is 937 g/mol. The van der Waals surface area contributed by atoms with E-state index in [2.05, 4.69) is 77.2 Å². The van der Waals surface area contributed by atoms with E-state index in [4.69, 9.17) is 23.4 Å². The zero-order valence-corrected chi connectivity index (χ0v) is 48.2. The fraction of sp³-hybridized carbons (Fsp3) is 0.688.